The van der Waals surface area contributed by atoms with Crippen molar-refractivity contribution in [3.63, 3.8) is 0 Å². The first-order chi connectivity index (χ1) is 64.4. The van der Waals surface area contributed by atoms with E-state index in [0.29, 0.717) is 11.7 Å². The quantitative estimate of drug-likeness (QED) is 0.116. The van der Waals surface area contributed by atoms with Crippen molar-refractivity contribution in [2.24, 2.45) is 35.2 Å². The molecule has 0 bridgehead atoms. The third-order valence-corrected chi connectivity index (χ3v) is 26.4. The number of aryl methyl sites for hydroxylation is 16. The summed E-state index contributed by atoms with van der Waals surface area (Å²) < 4.78 is 11.1. The largest absolute Gasteiger partial charge is 0.261 e. The molecule has 0 saturated heterocycles. The lowest BCUT2D eigenvalue weighted by Crippen LogP contribution is -2.30. The smallest absolute Gasteiger partial charge is 0.213 e. The summed E-state index contributed by atoms with van der Waals surface area (Å²) in [6, 6.07) is 76.3. The number of pyridine rings is 7. The average Bonchev–Trinajstić information content (AvgIpc) is 0.625. The third-order valence-electron chi connectivity index (χ3n) is 26.4. The number of rotatable bonds is 11. The van der Waals surface area contributed by atoms with E-state index in [0.717, 1.165) is 50.4 Å². The molecule has 14 nitrogen and oxygen atoms in total. The van der Waals surface area contributed by atoms with Gasteiger partial charge in [-0.25, -0.2) is 47.8 Å². The maximum atomic E-state index is 4.78. The predicted molar refractivity (Wildman–Crippen MR) is 550 cm³/mol. The van der Waals surface area contributed by atoms with E-state index in [2.05, 4.69) is 454 Å². The SMILES string of the molecule is Cc1cc(C)c(C)c(-c2cc3c(-c4ccc(C(C)C)cn4)cccc3c[n+]2C)c1.Cc1cc(C)c(C)c(-c2cc3c(-c4cnccn4)cccc3c[n+]2C)c1.Cc1cc(C)c(C)c(-c2cc3c(-c4ncccn4)cccc3c[n+]2C)c1.Cc1cc(C)c(C)c(-c2cc3c(-c4ncncn4)cccc3c[n+]2C)c1.Cc1ccc(-c2cccc3c[n+](C)c(-c4cc(C)cc(C)c4C)cc23)nc1. The van der Waals surface area contributed by atoms with Gasteiger partial charge in [0.25, 0.3) is 0 Å². The van der Waals surface area contributed by atoms with Crippen molar-refractivity contribution in [2.75, 3.05) is 0 Å². The fraction of sp³-hybridized carbons (Fsp3) is 0.200. The lowest BCUT2D eigenvalue weighted by molar-refractivity contribution is -0.659. The second kappa shape index (κ2) is 39.4. The van der Waals surface area contributed by atoms with Crippen molar-refractivity contribution in [3.05, 3.63) is 394 Å². The van der Waals surface area contributed by atoms with Gasteiger partial charge in [-0.15, -0.1) is 0 Å². The van der Waals surface area contributed by atoms with E-state index in [-0.39, 0.29) is 0 Å². The molecule has 0 aliphatic carbocycles. The maximum Gasteiger partial charge on any atom is 0.213 e. The Bertz CT molecular complexity index is 7430. The molecular weight excluding hydrogens is 1640 g/mol. The zero-order valence-electron chi connectivity index (χ0n) is 81.6. The Morgan fingerprint density at radius 3 is 0.813 bits per heavy atom. The highest BCUT2D eigenvalue weighted by molar-refractivity contribution is 6.01. The standard InChI is InChI=1S/C27H29N2.C25H25N2.2C23H22N3.C22H21N4/c1-17(2)21-10-11-26(28-15-21)23-9-7-8-22-16-29(6)27(14-25(22)23)24-13-18(3)12-19(4)20(24)5;1-16-9-10-24(26-14-16)21-8-6-7-20-15-27(5)25(13-23(20)21)22-12-17(2)11-18(3)19(22)4;1-15-11-16(2)17(3)20(12-15)22-13-21-18(14-26(22)4)7-5-8-19(21)23-24-9-6-10-25-23;1-15-10-16(2)17(3)20(11-15)23-12-21-18(14-26(23)4)6-5-7-19(21)22-13-24-8-9-25-22;1-14-8-15(2)16(3)19(9-14)21-10-20-17(11-26(21)4)6-5-7-18(20)22-24-12-23-13-25-22/h7-17H,1-6H3;6-15H,1-5H3;2*5-14H,1-4H3;5-13H,1-4H3/q5*+1. The molecule has 0 aliphatic rings. The third kappa shape index (κ3) is 19.6. The van der Waals surface area contributed by atoms with Gasteiger partial charge in [0.15, 0.2) is 42.6 Å². The van der Waals surface area contributed by atoms with Crippen LogP contribution in [0.3, 0.4) is 0 Å². The Balaban J connectivity index is 0.000000122. The van der Waals surface area contributed by atoms with Crippen molar-refractivity contribution >= 4 is 53.9 Å². The van der Waals surface area contributed by atoms with Gasteiger partial charge in [-0.1, -0.05) is 145 Å². The van der Waals surface area contributed by atoms with Crippen LogP contribution in [0, 0.1) is 111 Å². The van der Waals surface area contributed by atoms with Crippen LogP contribution in [0.1, 0.15) is 114 Å². The van der Waals surface area contributed by atoms with Crippen LogP contribution in [0.4, 0.5) is 0 Å². The van der Waals surface area contributed by atoms with E-state index in [4.69, 9.17) is 4.98 Å². The summed E-state index contributed by atoms with van der Waals surface area (Å²) in [5.74, 6) is 1.94. The van der Waals surface area contributed by atoms with Crippen LogP contribution >= 0.6 is 0 Å². The van der Waals surface area contributed by atoms with Gasteiger partial charge in [0.2, 0.25) is 28.5 Å². The minimum Gasteiger partial charge on any atom is -0.261 e. The molecule has 0 N–H and O–H groups in total. The van der Waals surface area contributed by atoms with E-state index in [1.54, 1.807) is 37.4 Å². The molecule has 0 spiro atoms. The molecule has 10 aromatic carbocycles. The van der Waals surface area contributed by atoms with E-state index in [1.165, 1.54) is 205 Å². The zero-order chi connectivity index (χ0) is 94.6. The number of aromatic nitrogens is 14. The van der Waals surface area contributed by atoms with Crippen molar-refractivity contribution in [2.45, 2.75) is 131 Å². The highest BCUT2D eigenvalue weighted by Gasteiger charge is 2.26. The van der Waals surface area contributed by atoms with Crippen LogP contribution in [-0.2, 0) is 35.2 Å². The molecule has 0 atom stereocenters. The molecule has 14 heteroatoms. The molecule has 0 fully saturated rings. The van der Waals surface area contributed by atoms with E-state index >= 15 is 0 Å². The van der Waals surface area contributed by atoms with Crippen molar-refractivity contribution in [3.8, 4) is 113 Å². The van der Waals surface area contributed by atoms with Crippen LogP contribution in [0.5, 0.6) is 0 Å². The van der Waals surface area contributed by atoms with Crippen LogP contribution in [0.15, 0.2) is 299 Å². The molecule has 664 valence electrons. The highest BCUT2D eigenvalue weighted by Crippen LogP contribution is 2.39. The molecule has 20 aromatic rings. The van der Waals surface area contributed by atoms with Gasteiger partial charge in [-0.05, 0) is 262 Å². The van der Waals surface area contributed by atoms with Crippen molar-refractivity contribution < 1.29 is 22.8 Å². The van der Waals surface area contributed by atoms with Gasteiger partial charge in [0.1, 0.15) is 47.9 Å². The van der Waals surface area contributed by atoms with Gasteiger partial charge in [-0.2, -0.15) is 0 Å². The summed E-state index contributed by atoms with van der Waals surface area (Å²) in [5.41, 5.74) is 43.1. The normalized spacial score (nSPS) is 11.2. The molecule has 134 heavy (non-hydrogen) atoms. The molecule has 10 aromatic heterocycles. The van der Waals surface area contributed by atoms with Gasteiger partial charge >= 0.3 is 0 Å². The summed E-state index contributed by atoms with van der Waals surface area (Å²) in [7, 11) is 10.6. The van der Waals surface area contributed by atoms with Gasteiger partial charge in [0.05, 0.1) is 23.3 Å². The maximum absolute atomic E-state index is 4.78. The number of nitrogens with zero attached hydrogens (tertiary/aromatic N) is 14. The molecule has 10 heterocycles. The van der Waals surface area contributed by atoms with Crippen LogP contribution in [0.25, 0.3) is 167 Å². The fourth-order valence-electron chi connectivity index (χ4n) is 18.6. The molecule has 0 aliphatic heterocycles. The molecule has 0 saturated carbocycles. The first-order valence-corrected chi connectivity index (χ1v) is 46.0. The Morgan fingerprint density at radius 1 is 0.224 bits per heavy atom. The Hall–Kier alpha value is -15.3. The molecular formula is C120H119N14+5. The van der Waals surface area contributed by atoms with Gasteiger partial charge in [-0.3, -0.25) is 19.9 Å². The zero-order valence-corrected chi connectivity index (χ0v) is 81.6. The number of hydrogen-bond donors (Lipinski definition) is 0. The Morgan fingerprint density at radius 2 is 0.522 bits per heavy atom. The Kier molecular flexibility index (Phi) is 27.1. The highest BCUT2D eigenvalue weighted by atomic mass is 15.0. The molecule has 0 unspecified atom stereocenters. The number of hydrogen-bond acceptors (Lipinski definition) is 9. The average molecular weight is 1760 g/mol. The number of fused-ring (bicyclic) bond motifs is 5. The Labute approximate surface area is 789 Å². The van der Waals surface area contributed by atoms with Gasteiger partial charge < -0.3 is 0 Å². The summed E-state index contributed by atoms with van der Waals surface area (Å²) in [6.45, 7) is 39.2. The van der Waals surface area contributed by atoms with E-state index < -0.39 is 0 Å². The van der Waals surface area contributed by atoms with E-state index in [1.807, 2.05) is 30.7 Å². The lowest BCUT2D eigenvalue weighted by atomic mass is 9.95. The topological polar surface area (TPSA) is 135 Å². The second-order valence-electron chi connectivity index (χ2n) is 36.6. The van der Waals surface area contributed by atoms with E-state index in [9.17, 15) is 0 Å². The first kappa shape index (κ1) is 92.0. The fourth-order valence-corrected chi connectivity index (χ4v) is 18.6. The second-order valence-corrected chi connectivity index (χ2v) is 36.6. The monoisotopic (exact) mass is 1760 g/mol. The summed E-state index contributed by atoms with van der Waals surface area (Å²) in [6.07, 6.45) is 26.9. The van der Waals surface area contributed by atoms with Crippen LogP contribution < -0.4 is 22.8 Å². The molecule has 20 rings (SSSR count). The summed E-state index contributed by atoms with van der Waals surface area (Å²) >= 11 is 0. The van der Waals surface area contributed by atoms with Crippen LogP contribution in [-0.4, -0.2) is 44.9 Å². The number of benzene rings is 10. The van der Waals surface area contributed by atoms with Crippen molar-refractivity contribution in [1.82, 2.24) is 44.9 Å². The predicted octanol–water partition coefficient (Wildman–Crippen LogP) is 25.6. The van der Waals surface area contributed by atoms with Crippen LogP contribution in [0.2, 0.25) is 0 Å². The van der Waals surface area contributed by atoms with Gasteiger partial charge in [0, 0.05) is 177 Å². The summed E-state index contributed by atoms with van der Waals surface area (Å²) in [4.78, 5) is 39.7. The first-order valence-electron chi connectivity index (χ1n) is 46.0. The molecule has 0 radical (unpaired) electrons. The summed E-state index contributed by atoms with van der Waals surface area (Å²) in [5, 5.41) is 12.0. The minimum atomic E-state index is 0.488. The van der Waals surface area contributed by atoms with Crippen molar-refractivity contribution in [1.29, 1.82) is 0 Å². The lowest BCUT2D eigenvalue weighted by Gasteiger charge is -2.12. The minimum absolute atomic E-state index is 0.488. The molecule has 0 amide bonds.